The van der Waals surface area contributed by atoms with Crippen LogP contribution in [0.2, 0.25) is 0 Å². The maximum atomic E-state index is 12.0. The Labute approximate surface area is 110 Å². The Kier molecular flexibility index (Phi) is 5.02. The van der Waals surface area contributed by atoms with Crippen molar-refractivity contribution in [3.05, 3.63) is 11.4 Å². The van der Waals surface area contributed by atoms with Crippen molar-refractivity contribution in [2.24, 2.45) is 0 Å². The van der Waals surface area contributed by atoms with Crippen LogP contribution >= 0.6 is 0 Å². The number of nitrogens with one attached hydrogen (secondary N) is 2. The van der Waals surface area contributed by atoms with Crippen LogP contribution < -0.4 is 4.72 Å². The number of hydrogen-bond acceptors (Lipinski definition) is 5. The number of carboxylic acids is 1. The molecule has 104 valence electrons. The second kappa shape index (κ2) is 6.31. The lowest BCUT2D eigenvalue weighted by Crippen LogP contribution is -2.26. The molecule has 0 bridgehead atoms. The number of unbranched alkanes of at least 4 members (excludes halogenated alkanes) is 2. The van der Waals surface area contributed by atoms with E-state index >= 15 is 0 Å². The smallest absolute Gasteiger partial charge is 0.357 e. The van der Waals surface area contributed by atoms with Gasteiger partial charge in [-0.3, -0.25) is 5.10 Å². The highest BCUT2D eigenvalue weighted by atomic mass is 32.2. The summed E-state index contributed by atoms with van der Waals surface area (Å²) in [5.74, 6) is -1.41. The summed E-state index contributed by atoms with van der Waals surface area (Å²) in [6.07, 6.45) is 1.44. The van der Waals surface area contributed by atoms with E-state index in [2.05, 4.69) is 14.9 Å². The summed E-state index contributed by atoms with van der Waals surface area (Å²) >= 11 is 0. The summed E-state index contributed by atoms with van der Waals surface area (Å²) in [6.45, 7) is 1.58. The van der Waals surface area contributed by atoms with Crippen LogP contribution in [0.3, 0.4) is 0 Å². The molecule has 0 aliphatic carbocycles. The fourth-order valence-corrected chi connectivity index (χ4v) is 2.89. The lowest BCUT2D eigenvalue weighted by Gasteiger charge is -2.06. The molecule has 0 radical (unpaired) electrons. The van der Waals surface area contributed by atoms with Gasteiger partial charge in [-0.25, -0.2) is 17.9 Å². The number of sulfonamides is 1. The van der Waals surface area contributed by atoms with Crippen molar-refractivity contribution in [3.8, 4) is 6.07 Å². The number of hydrogen-bond donors (Lipinski definition) is 3. The zero-order chi connectivity index (χ0) is 14.5. The summed E-state index contributed by atoms with van der Waals surface area (Å²) in [4.78, 5) is 10.5. The lowest BCUT2D eigenvalue weighted by atomic mass is 10.2. The third-order valence-electron chi connectivity index (χ3n) is 2.37. The van der Waals surface area contributed by atoms with Gasteiger partial charge in [-0.15, -0.1) is 0 Å². The Morgan fingerprint density at radius 3 is 2.79 bits per heavy atom. The molecule has 0 saturated heterocycles. The molecule has 1 aromatic rings. The van der Waals surface area contributed by atoms with E-state index in [0.717, 1.165) is 0 Å². The minimum atomic E-state index is -3.92. The van der Waals surface area contributed by atoms with E-state index in [1.807, 2.05) is 6.07 Å². The quantitative estimate of drug-likeness (QED) is 0.620. The molecule has 0 aliphatic rings. The van der Waals surface area contributed by atoms with E-state index in [1.54, 1.807) is 0 Å². The highest BCUT2D eigenvalue weighted by molar-refractivity contribution is 7.89. The third kappa shape index (κ3) is 3.77. The number of rotatable bonds is 7. The van der Waals surface area contributed by atoms with E-state index in [9.17, 15) is 13.2 Å². The molecule has 19 heavy (non-hydrogen) atoms. The zero-order valence-electron chi connectivity index (χ0n) is 10.3. The van der Waals surface area contributed by atoms with Crippen LogP contribution in [0.4, 0.5) is 0 Å². The third-order valence-corrected chi connectivity index (χ3v) is 3.99. The van der Waals surface area contributed by atoms with E-state index in [0.29, 0.717) is 19.3 Å². The maximum Gasteiger partial charge on any atom is 0.357 e. The first kappa shape index (κ1) is 15.1. The molecule has 0 spiro atoms. The Hall–Kier alpha value is -1.92. The Bertz CT molecular complexity index is 600. The molecule has 0 atom stereocenters. The average molecular weight is 286 g/mol. The fraction of sp³-hybridized carbons (Fsp3) is 0.500. The highest BCUT2D eigenvalue weighted by Gasteiger charge is 2.27. The van der Waals surface area contributed by atoms with Crippen molar-refractivity contribution in [2.75, 3.05) is 6.54 Å². The van der Waals surface area contributed by atoms with Gasteiger partial charge in [0, 0.05) is 13.0 Å². The Morgan fingerprint density at radius 2 is 2.21 bits per heavy atom. The molecule has 0 aliphatic heterocycles. The van der Waals surface area contributed by atoms with Gasteiger partial charge in [0.05, 0.1) is 11.8 Å². The molecule has 0 fully saturated rings. The van der Waals surface area contributed by atoms with Crippen LogP contribution in [-0.2, 0) is 10.0 Å². The van der Waals surface area contributed by atoms with E-state index in [-0.39, 0.29) is 17.1 Å². The number of aryl methyl sites for hydroxylation is 1. The van der Waals surface area contributed by atoms with Crippen molar-refractivity contribution in [2.45, 2.75) is 31.1 Å². The van der Waals surface area contributed by atoms with Gasteiger partial charge in [0.1, 0.15) is 4.90 Å². The van der Waals surface area contributed by atoms with Crippen molar-refractivity contribution in [1.29, 1.82) is 5.26 Å². The zero-order valence-corrected chi connectivity index (χ0v) is 11.1. The summed E-state index contributed by atoms with van der Waals surface area (Å²) in [6, 6.07) is 1.96. The first-order chi connectivity index (χ1) is 8.90. The number of carbonyl (C=O) groups is 1. The number of H-pyrrole nitrogens is 1. The first-order valence-electron chi connectivity index (χ1n) is 5.55. The van der Waals surface area contributed by atoms with Crippen molar-refractivity contribution >= 4 is 16.0 Å². The number of carboxylic acid groups (broad SMARTS) is 1. The molecule has 0 amide bonds. The molecule has 1 heterocycles. The van der Waals surface area contributed by atoms with Crippen molar-refractivity contribution in [3.63, 3.8) is 0 Å². The maximum absolute atomic E-state index is 12.0. The van der Waals surface area contributed by atoms with Crippen LogP contribution in [0.15, 0.2) is 4.90 Å². The van der Waals surface area contributed by atoms with Crippen molar-refractivity contribution in [1.82, 2.24) is 14.9 Å². The van der Waals surface area contributed by atoms with Crippen LogP contribution in [0, 0.1) is 18.3 Å². The topological polar surface area (TPSA) is 136 Å². The molecule has 0 aromatic carbocycles. The first-order valence-corrected chi connectivity index (χ1v) is 7.03. The summed E-state index contributed by atoms with van der Waals surface area (Å²) in [5.41, 5.74) is -0.357. The van der Waals surface area contributed by atoms with Crippen molar-refractivity contribution < 1.29 is 18.3 Å². The number of aromatic nitrogens is 2. The monoisotopic (exact) mass is 286 g/mol. The van der Waals surface area contributed by atoms with Gasteiger partial charge in [0.25, 0.3) is 0 Å². The predicted molar refractivity (Wildman–Crippen MR) is 64.9 cm³/mol. The van der Waals surface area contributed by atoms with E-state index in [4.69, 9.17) is 10.4 Å². The molecule has 9 heteroatoms. The standard InChI is InChI=1S/C10H14N4O4S/c1-7-9(8(10(15)16)14-13-7)19(17,18)12-6-4-2-3-5-11/h12H,2-4,6H2,1H3,(H,13,14)(H,15,16). The molecule has 0 saturated carbocycles. The Balaban J connectivity index is 2.81. The van der Waals surface area contributed by atoms with Gasteiger partial charge in [-0.2, -0.15) is 10.4 Å². The van der Waals surface area contributed by atoms with Crippen LogP contribution in [0.25, 0.3) is 0 Å². The molecule has 0 unspecified atom stereocenters. The fourth-order valence-electron chi connectivity index (χ4n) is 1.50. The van der Waals surface area contributed by atoms with E-state index in [1.165, 1.54) is 6.92 Å². The molecule has 3 N–H and O–H groups in total. The van der Waals surface area contributed by atoms with E-state index < -0.39 is 21.7 Å². The average Bonchev–Trinajstić information content (AvgIpc) is 2.71. The van der Waals surface area contributed by atoms with Crippen LogP contribution in [-0.4, -0.2) is 36.2 Å². The predicted octanol–water partition coefficient (Wildman–Crippen LogP) is 0.388. The SMILES string of the molecule is Cc1[nH]nc(C(=O)O)c1S(=O)(=O)NCCCCC#N. The van der Waals surface area contributed by atoms with Gasteiger partial charge in [-0.05, 0) is 19.8 Å². The number of aromatic carboxylic acids is 1. The molecular weight excluding hydrogens is 272 g/mol. The normalized spacial score (nSPS) is 11.2. The lowest BCUT2D eigenvalue weighted by molar-refractivity contribution is 0.0686. The van der Waals surface area contributed by atoms with Gasteiger partial charge in [0.2, 0.25) is 10.0 Å². The Morgan fingerprint density at radius 1 is 1.53 bits per heavy atom. The number of nitriles is 1. The van der Waals surface area contributed by atoms with Gasteiger partial charge in [-0.1, -0.05) is 0 Å². The van der Waals surface area contributed by atoms with Crippen LogP contribution in [0.1, 0.15) is 35.4 Å². The molecule has 1 aromatic heterocycles. The van der Waals surface area contributed by atoms with Gasteiger partial charge in [0.15, 0.2) is 5.69 Å². The van der Waals surface area contributed by atoms with Gasteiger partial charge < -0.3 is 5.11 Å². The number of aromatic amines is 1. The van der Waals surface area contributed by atoms with Crippen LogP contribution in [0.5, 0.6) is 0 Å². The highest BCUT2D eigenvalue weighted by Crippen LogP contribution is 2.17. The summed E-state index contributed by atoms with van der Waals surface area (Å²) in [5, 5.41) is 23.0. The molecule has 8 nitrogen and oxygen atoms in total. The number of nitrogens with zero attached hydrogens (tertiary/aromatic N) is 2. The summed E-state index contributed by atoms with van der Waals surface area (Å²) in [7, 11) is -3.92. The van der Waals surface area contributed by atoms with Gasteiger partial charge >= 0.3 is 5.97 Å². The minimum absolute atomic E-state index is 0.147. The second-order valence-corrected chi connectivity index (χ2v) is 5.55. The minimum Gasteiger partial charge on any atom is -0.476 e. The largest absolute Gasteiger partial charge is 0.476 e. The molecular formula is C10H14N4O4S. The second-order valence-electron chi connectivity index (χ2n) is 3.84. The summed E-state index contributed by atoms with van der Waals surface area (Å²) < 4.78 is 26.2. The molecule has 1 rings (SSSR count).